The zero-order chi connectivity index (χ0) is 14.7. The summed E-state index contributed by atoms with van der Waals surface area (Å²) < 4.78 is 13.6. The Morgan fingerprint density at radius 1 is 1.10 bits per heavy atom. The zero-order valence-corrected chi connectivity index (χ0v) is 12.6. The van der Waals surface area contributed by atoms with Crippen LogP contribution in [-0.4, -0.2) is 12.6 Å². The predicted molar refractivity (Wildman–Crippen MR) is 85.3 cm³/mol. The molecular weight excluding hydrogens is 285 g/mol. The molecule has 0 aromatic heterocycles. The lowest BCUT2D eigenvalue weighted by Gasteiger charge is -2.19. The fourth-order valence-corrected chi connectivity index (χ4v) is 2.80. The number of rotatable bonds is 6. The second kappa shape index (κ2) is 6.59. The molecule has 2 aromatic carbocycles. The van der Waals surface area contributed by atoms with Crippen molar-refractivity contribution in [3.8, 4) is 0 Å². The van der Waals surface area contributed by atoms with Gasteiger partial charge >= 0.3 is 0 Å². The normalized spacial score (nSPS) is 15.9. The van der Waals surface area contributed by atoms with E-state index in [0.717, 1.165) is 18.5 Å². The molecule has 1 unspecified atom stereocenters. The van der Waals surface area contributed by atoms with E-state index >= 15 is 0 Å². The van der Waals surface area contributed by atoms with Crippen LogP contribution in [0.4, 0.5) is 4.39 Å². The SMILES string of the molecule is Fc1cccc(CC(CNC2CC2)c2ccccc2)c1Cl. The third kappa shape index (κ3) is 3.84. The summed E-state index contributed by atoms with van der Waals surface area (Å²) in [5, 5.41) is 3.83. The van der Waals surface area contributed by atoms with Crippen LogP contribution in [0.3, 0.4) is 0 Å². The van der Waals surface area contributed by atoms with Gasteiger partial charge in [-0.3, -0.25) is 0 Å². The van der Waals surface area contributed by atoms with Crippen LogP contribution < -0.4 is 5.32 Å². The van der Waals surface area contributed by atoms with Crippen molar-refractivity contribution >= 4 is 11.6 Å². The molecule has 0 aliphatic heterocycles. The third-order valence-electron chi connectivity index (χ3n) is 4.00. The van der Waals surface area contributed by atoms with Crippen molar-refractivity contribution in [2.45, 2.75) is 31.2 Å². The lowest BCUT2D eigenvalue weighted by molar-refractivity contribution is 0.573. The van der Waals surface area contributed by atoms with Gasteiger partial charge in [-0.15, -0.1) is 0 Å². The molecule has 3 rings (SSSR count). The van der Waals surface area contributed by atoms with Crippen LogP contribution >= 0.6 is 11.6 Å². The molecule has 110 valence electrons. The first kappa shape index (κ1) is 14.6. The van der Waals surface area contributed by atoms with Gasteiger partial charge in [-0.1, -0.05) is 54.1 Å². The minimum Gasteiger partial charge on any atom is -0.313 e. The van der Waals surface area contributed by atoms with Crippen molar-refractivity contribution in [2.75, 3.05) is 6.54 Å². The molecule has 1 aliphatic rings. The van der Waals surface area contributed by atoms with Crippen molar-refractivity contribution in [2.24, 2.45) is 0 Å². The van der Waals surface area contributed by atoms with Gasteiger partial charge in [0.2, 0.25) is 0 Å². The maximum absolute atomic E-state index is 13.6. The van der Waals surface area contributed by atoms with Crippen molar-refractivity contribution in [1.82, 2.24) is 5.32 Å². The van der Waals surface area contributed by atoms with Gasteiger partial charge in [-0.2, -0.15) is 0 Å². The summed E-state index contributed by atoms with van der Waals surface area (Å²) in [5.41, 5.74) is 2.15. The molecule has 0 heterocycles. The van der Waals surface area contributed by atoms with Gasteiger partial charge in [0.05, 0.1) is 5.02 Å². The van der Waals surface area contributed by atoms with Gasteiger partial charge in [-0.05, 0) is 36.5 Å². The summed E-state index contributed by atoms with van der Waals surface area (Å²) >= 11 is 6.10. The monoisotopic (exact) mass is 303 g/mol. The molecule has 1 N–H and O–H groups in total. The number of halogens is 2. The quantitative estimate of drug-likeness (QED) is 0.825. The first-order valence-corrected chi connectivity index (χ1v) is 7.83. The Hall–Kier alpha value is -1.38. The first-order valence-electron chi connectivity index (χ1n) is 7.45. The molecule has 1 aliphatic carbocycles. The fraction of sp³-hybridized carbons (Fsp3) is 0.333. The lowest BCUT2D eigenvalue weighted by atomic mass is 9.91. The topological polar surface area (TPSA) is 12.0 Å². The Morgan fingerprint density at radius 2 is 1.86 bits per heavy atom. The highest BCUT2D eigenvalue weighted by atomic mass is 35.5. The third-order valence-corrected chi connectivity index (χ3v) is 4.42. The maximum Gasteiger partial charge on any atom is 0.142 e. The molecule has 3 heteroatoms. The summed E-state index contributed by atoms with van der Waals surface area (Å²) in [4.78, 5) is 0. The molecule has 0 radical (unpaired) electrons. The van der Waals surface area contributed by atoms with Crippen molar-refractivity contribution < 1.29 is 4.39 Å². The van der Waals surface area contributed by atoms with Crippen molar-refractivity contribution in [3.05, 3.63) is 70.5 Å². The van der Waals surface area contributed by atoms with E-state index in [1.54, 1.807) is 6.07 Å². The second-order valence-corrected chi connectivity index (χ2v) is 6.09. The van der Waals surface area contributed by atoms with E-state index in [-0.39, 0.29) is 10.8 Å². The number of hydrogen-bond acceptors (Lipinski definition) is 1. The van der Waals surface area contributed by atoms with Gasteiger partial charge in [0.25, 0.3) is 0 Å². The van der Waals surface area contributed by atoms with Crippen molar-refractivity contribution in [1.29, 1.82) is 0 Å². The summed E-state index contributed by atoms with van der Waals surface area (Å²) in [7, 11) is 0. The van der Waals surface area contributed by atoms with E-state index in [2.05, 4.69) is 17.4 Å². The van der Waals surface area contributed by atoms with Crippen molar-refractivity contribution in [3.63, 3.8) is 0 Å². The van der Waals surface area contributed by atoms with Gasteiger partial charge in [0.15, 0.2) is 0 Å². The standard InChI is InChI=1S/C18H19ClFN/c19-18-14(7-4-8-17(18)20)11-15(12-21-16-9-10-16)13-5-2-1-3-6-13/h1-8,15-16,21H,9-12H2. The van der Waals surface area contributed by atoms with Gasteiger partial charge < -0.3 is 5.32 Å². The average molecular weight is 304 g/mol. The van der Waals surface area contributed by atoms with E-state index in [0.29, 0.717) is 12.0 Å². The molecule has 0 amide bonds. The van der Waals surface area contributed by atoms with E-state index in [1.807, 2.05) is 24.3 Å². The van der Waals surface area contributed by atoms with Gasteiger partial charge in [-0.25, -0.2) is 4.39 Å². The fourth-order valence-electron chi connectivity index (χ4n) is 2.60. The van der Waals surface area contributed by atoms with E-state index in [9.17, 15) is 4.39 Å². The minimum absolute atomic E-state index is 0.254. The summed E-state index contributed by atoms with van der Waals surface area (Å²) in [6.45, 7) is 0.904. The first-order chi connectivity index (χ1) is 10.2. The van der Waals surface area contributed by atoms with Crippen LogP contribution in [0.1, 0.15) is 29.9 Å². The number of nitrogens with one attached hydrogen (secondary N) is 1. The number of benzene rings is 2. The molecule has 1 saturated carbocycles. The van der Waals surface area contributed by atoms with Crippen LogP contribution in [-0.2, 0) is 6.42 Å². The molecule has 0 saturated heterocycles. The molecule has 0 bridgehead atoms. The average Bonchev–Trinajstić information content (AvgIpc) is 3.33. The molecular formula is C18H19ClFN. The van der Waals surface area contributed by atoms with Gasteiger partial charge in [0.1, 0.15) is 5.82 Å². The van der Waals surface area contributed by atoms with E-state index in [1.165, 1.54) is 24.5 Å². The van der Waals surface area contributed by atoms with Crippen LogP contribution in [0.25, 0.3) is 0 Å². The Labute approximate surface area is 130 Å². The van der Waals surface area contributed by atoms with Crippen LogP contribution in [0, 0.1) is 5.82 Å². The maximum atomic E-state index is 13.6. The second-order valence-electron chi connectivity index (χ2n) is 5.71. The largest absolute Gasteiger partial charge is 0.313 e. The predicted octanol–water partition coefficient (Wildman–Crippen LogP) is 4.56. The summed E-state index contributed by atoms with van der Waals surface area (Å²) in [5.74, 6) is -0.0257. The highest BCUT2D eigenvalue weighted by Crippen LogP contribution is 2.28. The summed E-state index contributed by atoms with van der Waals surface area (Å²) in [6.07, 6.45) is 3.28. The Bertz CT molecular complexity index is 595. The van der Waals surface area contributed by atoms with Gasteiger partial charge in [0, 0.05) is 18.5 Å². The van der Waals surface area contributed by atoms with Crippen LogP contribution in [0.2, 0.25) is 5.02 Å². The van der Waals surface area contributed by atoms with Crippen LogP contribution in [0.15, 0.2) is 48.5 Å². The molecule has 2 aromatic rings. The molecule has 1 nitrogen and oxygen atoms in total. The molecule has 21 heavy (non-hydrogen) atoms. The minimum atomic E-state index is -0.337. The number of hydrogen-bond donors (Lipinski definition) is 1. The Kier molecular flexibility index (Phi) is 4.57. The highest BCUT2D eigenvalue weighted by Gasteiger charge is 2.23. The molecule has 1 fully saturated rings. The Morgan fingerprint density at radius 3 is 2.57 bits per heavy atom. The lowest BCUT2D eigenvalue weighted by Crippen LogP contribution is -2.25. The molecule has 1 atom stereocenters. The summed E-state index contributed by atoms with van der Waals surface area (Å²) in [6, 6.07) is 16.1. The Balaban J connectivity index is 1.79. The molecule has 0 spiro atoms. The van der Waals surface area contributed by atoms with E-state index in [4.69, 9.17) is 11.6 Å². The van der Waals surface area contributed by atoms with Crippen LogP contribution in [0.5, 0.6) is 0 Å². The zero-order valence-electron chi connectivity index (χ0n) is 11.9. The van der Waals surface area contributed by atoms with E-state index < -0.39 is 0 Å². The smallest absolute Gasteiger partial charge is 0.142 e. The highest BCUT2D eigenvalue weighted by molar-refractivity contribution is 6.31.